The first-order chi connectivity index (χ1) is 13.6. The third-order valence-corrected chi connectivity index (χ3v) is 4.67. The van der Waals surface area contributed by atoms with Crippen molar-refractivity contribution in [2.75, 3.05) is 19.0 Å². The van der Waals surface area contributed by atoms with Gasteiger partial charge in [-0.25, -0.2) is 0 Å². The van der Waals surface area contributed by atoms with Crippen molar-refractivity contribution < 1.29 is 4.79 Å². The minimum absolute atomic E-state index is 0.0278. The van der Waals surface area contributed by atoms with Crippen molar-refractivity contribution in [1.29, 1.82) is 0 Å². The second-order valence-corrected chi connectivity index (χ2v) is 6.99. The molecular weight excluding hydrogens is 346 g/mol. The highest BCUT2D eigenvalue weighted by Gasteiger charge is 2.19. The Balaban J connectivity index is 1.67. The zero-order valence-corrected chi connectivity index (χ0v) is 16.4. The first-order valence-electron chi connectivity index (χ1n) is 9.50. The Kier molecular flexibility index (Phi) is 6.82. The second-order valence-electron chi connectivity index (χ2n) is 6.99. The molecule has 144 valence electrons. The van der Waals surface area contributed by atoms with E-state index in [2.05, 4.69) is 39.8 Å². The van der Waals surface area contributed by atoms with E-state index in [-0.39, 0.29) is 5.91 Å². The maximum absolute atomic E-state index is 12.9. The molecular formula is C24H27N3O. The monoisotopic (exact) mass is 373 g/mol. The summed E-state index contributed by atoms with van der Waals surface area (Å²) >= 11 is 0. The second kappa shape index (κ2) is 9.72. The van der Waals surface area contributed by atoms with Crippen LogP contribution < -0.4 is 15.5 Å². The first-order valence-corrected chi connectivity index (χ1v) is 9.50. The molecule has 0 heterocycles. The average Bonchev–Trinajstić information content (AvgIpc) is 2.74. The molecule has 1 amide bonds. The number of nitrogens with one attached hydrogen (secondary N) is 2. The van der Waals surface area contributed by atoms with Crippen LogP contribution in [0.25, 0.3) is 0 Å². The zero-order valence-electron chi connectivity index (χ0n) is 16.4. The van der Waals surface area contributed by atoms with Crippen LogP contribution in [0.3, 0.4) is 0 Å². The summed E-state index contributed by atoms with van der Waals surface area (Å²) in [5, 5.41) is 6.46. The van der Waals surface area contributed by atoms with Crippen LogP contribution in [0.2, 0.25) is 0 Å². The molecule has 4 heteroatoms. The molecule has 0 aromatic heterocycles. The predicted molar refractivity (Wildman–Crippen MR) is 115 cm³/mol. The smallest absolute Gasteiger partial charge is 0.242 e. The van der Waals surface area contributed by atoms with Crippen LogP contribution in [-0.2, 0) is 17.9 Å². The van der Waals surface area contributed by atoms with Crippen LogP contribution in [0.15, 0.2) is 84.9 Å². The summed E-state index contributed by atoms with van der Waals surface area (Å²) in [4.78, 5) is 15.0. The maximum Gasteiger partial charge on any atom is 0.242 e. The summed E-state index contributed by atoms with van der Waals surface area (Å²) in [7, 11) is 4.05. The third-order valence-electron chi connectivity index (χ3n) is 4.67. The summed E-state index contributed by atoms with van der Waals surface area (Å²) in [6.07, 6.45) is 0. The van der Waals surface area contributed by atoms with Crippen LogP contribution in [0.1, 0.15) is 22.7 Å². The molecule has 0 fully saturated rings. The molecule has 1 unspecified atom stereocenters. The Morgan fingerprint density at radius 1 is 0.786 bits per heavy atom. The van der Waals surface area contributed by atoms with Crippen molar-refractivity contribution >= 4 is 11.6 Å². The number of amides is 1. The SMILES string of the molecule is CN(C)c1ccc(CNC(C(=O)NCc2ccccc2)c2ccccc2)cc1. The number of carbonyl (C=O) groups excluding carboxylic acids is 1. The highest BCUT2D eigenvalue weighted by molar-refractivity contribution is 5.83. The van der Waals surface area contributed by atoms with Crippen LogP contribution in [0.5, 0.6) is 0 Å². The quantitative estimate of drug-likeness (QED) is 0.629. The van der Waals surface area contributed by atoms with Crippen molar-refractivity contribution in [2.24, 2.45) is 0 Å². The lowest BCUT2D eigenvalue weighted by Gasteiger charge is -2.19. The van der Waals surface area contributed by atoms with Crippen LogP contribution in [-0.4, -0.2) is 20.0 Å². The lowest BCUT2D eigenvalue weighted by atomic mass is 10.1. The number of anilines is 1. The largest absolute Gasteiger partial charge is 0.378 e. The van der Waals surface area contributed by atoms with E-state index >= 15 is 0 Å². The number of hydrogen-bond donors (Lipinski definition) is 2. The van der Waals surface area contributed by atoms with Crippen LogP contribution in [0.4, 0.5) is 5.69 Å². The lowest BCUT2D eigenvalue weighted by Crippen LogP contribution is -2.37. The van der Waals surface area contributed by atoms with Gasteiger partial charge in [-0.1, -0.05) is 72.8 Å². The Morgan fingerprint density at radius 3 is 1.96 bits per heavy atom. The van der Waals surface area contributed by atoms with Gasteiger partial charge in [-0.15, -0.1) is 0 Å². The molecule has 0 saturated carbocycles. The highest BCUT2D eigenvalue weighted by Crippen LogP contribution is 2.16. The number of nitrogens with zero attached hydrogens (tertiary/aromatic N) is 1. The van der Waals surface area contributed by atoms with Gasteiger partial charge in [0.2, 0.25) is 5.91 Å². The number of benzene rings is 3. The summed E-state index contributed by atoms with van der Waals surface area (Å²) in [5.74, 6) is -0.0278. The molecule has 0 aliphatic heterocycles. The lowest BCUT2D eigenvalue weighted by molar-refractivity contribution is -0.123. The summed E-state index contributed by atoms with van der Waals surface area (Å²) < 4.78 is 0. The van der Waals surface area contributed by atoms with Crippen LogP contribution >= 0.6 is 0 Å². The molecule has 0 spiro atoms. The molecule has 4 nitrogen and oxygen atoms in total. The van der Waals surface area contributed by atoms with Gasteiger partial charge in [-0.2, -0.15) is 0 Å². The summed E-state index contributed by atoms with van der Waals surface area (Å²) in [5.41, 5.74) is 4.34. The van der Waals surface area contributed by atoms with Gasteiger partial charge in [0.25, 0.3) is 0 Å². The van der Waals surface area contributed by atoms with Gasteiger partial charge in [0.05, 0.1) is 0 Å². The van der Waals surface area contributed by atoms with Gasteiger partial charge in [-0.3, -0.25) is 10.1 Å². The van der Waals surface area contributed by atoms with Crippen molar-refractivity contribution in [2.45, 2.75) is 19.1 Å². The number of carbonyl (C=O) groups is 1. The fourth-order valence-corrected chi connectivity index (χ4v) is 3.03. The van der Waals surface area contributed by atoms with E-state index in [1.165, 1.54) is 0 Å². The molecule has 1 atom stereocenters. The van der Waals surface area contributed by atoms with Crippen molar-refractivity contribution in [3.63, 3.8) is 0 Å². The van der Waals surface area contributed by atoms with E-state index in [1.807, 2.05) is 74.8 Å². The van der Waals surface area contributed by atoms with Gasteiger partial charge < -0.3 is 10.2 Å². The Bertz CT molecular complexity index is 861. The van der Waals surface area contributed by atoms with Gasteiger partial charge in [0.1, 0.15) is 6.04 Å². The van der Waals surface area contributed by atoms with Crippen molar-refractivity contribution in [3.8, 4) is 0 Å². The molecule has 0 saturated heterocycles. The zero-order chi connectivity index (χ0) is 19.8. The minimum Gasteiger partial charge on any atom is -0.378 e. The molecule has 0 aliphatic rings. The Hall–Kier alpha value is -3.11. The maximum atomic E-state index is 12.9. The van der Waals surface area contributed by atoms with Crippen LogP contribution in [0, 0.1) is 0 Å². The normalized spacial score (nSPS) is 11.6. The fourth-order valence-electron chi connectivity index (χ4n) is 3.03. The third kappa shape index (κ3) is 5.44. The molecule has 3 aromatic carbocycles. The topological polar surface area (TPSA) is 44.4 Å². The fraction of sp³-hybridized carbons (Fsp3) is 0.208. The van der Waals surface area contributed by atoms with E-state index in [4.69, 9.17) is 0 Å². The molecule has 2 N–H and O–H groups in total. The average molecular weight is 374 g/mol. The Morgan fingerprint density at radius 2 is 1.36 bits per heavy atom. The van der Waals surface area contributed by atoms with E-state index in [1.54, 1.807) is 0 Å². The van der Waals surface area contributed by atoms with Gasteiger partial charge in [0, 0.05) is 32.9 Å². The van der Waals surface area contributed by atoms with E-state index in [0.29, 0.717) is 13.1 Å². The van der Waals surface area contributed by atoms with Gasteiger partial charge in [0.15, 0.2) is 0 Å². The predicted octanol–water partition coefficient (Wildman–Crippen LogP) is 3.90. The molecule has 3 rings (SSSR count). The van der Waals surface area contributed by atoms with Gasteiger partial charge >= 0.3 is 0 Å². The number of hydrogen-bond acceptors (Lipinski definition) is 3. The van der Waals surface area contributed by atoms with Crippen molar-refractivity contribution in [3.05, 3.63) is 102 Å². The van der Waals surface area contributed by atoms with Gasteiger partial charge in [-0.05, 0) is 28.8 Å². The van der Waals surface area contributed by atoms with E-state index in [9.17, 15) is 4.79 Å². The van der Waals surface area contributed by atoms with E-state index < -0.39 is 6.04 Å². The number of rotatable bonds is 8. The molecule has 28 heavy (non-hydrogen) atoms. The minimum atomic E-state index is -0.404. The highest BCUT2D eigenvalue weighted by atomic mass is 16.2. The molecule has 3 aromatic rings. The molecule has 0 radical (unpaired) electrons. The Labute approximate surface area is 167 Å². The first kappa shape index (κ1) is 19.6. The standard InChI is InChI=1S/C24H27N3O/c1-27(2)22-15-13-20(14-16-22)17-25-23(21-11-7-4-8-12-21)24(28)26-18-19-9-5-3-6-10-19/h3-16,23,25H,17-18H2,1-2H3,(H,26,28). The summed E-state index contributed by atoms with van der Waals surface area (Å²) in [6, 6.07) is 27.7. The molecule has 0 bridgehead atoms. The molecule has 0 aliphatic carbocycles. The van der Waals surface area contributed by atoms with E-state index in [0.717, 1.165) is 22.4 Å². The summed E-state index contributed by atoms with van der Waals surface area (Å²) in [6.45, 7) is 1.13. The van der Waals surface area contributed by atoms with Crippen molar-refractivity contribution in [1.82, 2.24) is 10.6 Å².